The number of ether oxygens (including phenoxy) is 3. The molecule has 39 heavy (non-hydrogen) atoms. The summed E-state index contributed by atoms with van der Waals surface area (Å²) in [7, 11) is 0. The molecule has 0 fully saturated rings. The molecule has 0 amide bonds. The van der Waals surface area contributed by atoms with Gasteiger partial charge < -0.3 is 14.2 Å². The smallest absolute Gasteiger partial charge is 0.311 e. The van der Waals surface area contributed by atoms with E-state index in [4.69, 9.17) is 27.1 Å². The SMILES string of the molecule is C#CCC(CC(C)C)C(=O)OCc1cnc(C)c(OC(=O)CCCC=C)c1COC(=O)C(CC#C)CC(C)C. The van der Waals surface area contributed by atoms with Crippen LogP contribution in [0.1, 0.15) is 89.5 Å². The number of terminal acetylenes is 2. The Morgan fingerprint density at radius 1 is 0.974 bits per heavy atom. The van der Waals surface area contributed by atoms with Gasteiger partial charge in [0, 0.05) is 36.6 Å². The number of esters is 3. The van der Waals surface area contributed by atoms with Crippen LogP contribution in [-0.4, -0.2) is 22.9 Å². The number of nitrogens with zero attached hydrogens (tertiary/aromatic N) is 1. The van der Waals surface area contributed by atoms with E-state index in [9.17, 15) is 14.4 Å². The van der Waals surface area contributed by atoms with Gasteiger partial charge in [0.15, 0.2) is 5.75 Å². The minimum atomic E-state index is -0.454. The van der Waals surface area contributed by atoms with E-state index in [1.165, 1.54) is 6.20 Å². The highest BCUT2D eigenvalue weighted by Gasteiger charge is 2.25. The maximum Gasteiger partial charge on any atom is 0.311 e. The fourth-order valence-corrected chi connectivity index (χ4v) is 4.13. The van der Waals surface area contributed by atoms with E-state index in [-0.39, 0.29) is 50.1 Å². The number of carbonyl (C=O) groups excluding carboxylic acids is 3. The summed E-state index contributed by atoms with van der Waals surface area (Å²) in [5.41, 5.74) is 1.33. The lowest BCUT2D eigenvalue weighted by atomic mass is 9.94. The van der Waals surface area contributed by atoms with Crippen molar-refractivity contribution in [2.45, 2.75) is 92.8 Å². The van der Waals surface area contributed by atoms with Gasteiger partial charge in [0.2, 0.25) is 0 Å². The van der Waals surface area contributed by atoms with E-state index in [1.54, 1.807) is 13.0 Å². The minimum absolute atomic E-state index is 0.140. The number of carbonyl (C=O) groups is 3. The molecule has 2 unspecified atom stereocenters. The summed E-state index contributed by atoms with van der Waals surface area (Å²) in [5, 5.41) is 0. The quantitative estimate of drug-likeness (QED) is 0.102. The fraction of sp³-hybridized carbons (Fsp3) is 0.562. The molecule has 1 rings (SSSR count). The summed E-state index contributed by atoms with van der Waals surface area (Å²) in [6, 6.07) is 0. The molecule has 0 aliphatic heterocycles. The second kappa shape index (κ2) is 17.8. The van der Waals surface area contributed by atoms with Crippen molar-refractivity contribution in [3.63, 3.8) is 0 Å². The van der Waals surface area contributed by atoms with Gasteiger partial charge in [-0.25, -0.2) is 0 Å². The lowest BCUT2D eigenvalue weighted by molar-refractivity contribution is -0.152. The van der Waals surface area contributed by atoms with Crippen LogP contribution >= 0.6 is 0 Å². The third kappa shape index (κ3) is 12.2. The number of pyridine rings is 1. The van der Waals surface area contributed by atoms with Crippen molar-refractivity contribution in [3.8, 4) is 30.4 Å². The molecule has 0 saturated carbocycles. The van der Waals surface area contributed by atoms with Crippen LogP contribution in [0.5, 0.6) is 5.75 Å². The minimum Gasteiger partial charge on any atom is -0.460 e. The number of hydrogen-bond donors (Lipinski definition) is 0. The lowest BCUT2D eigenvalue weighted by Gasteiger charge is -2.20. The van der Waals surface area contributed by atoms with E-state index in [0.717, 1.165) is 0 Å². The van der Waals surface area contributed by atoms with Crippen LogP contribution in [0.25, 0.3) is 0 Å². The molecule has 0 N–H and O–H groups in total. The van der Waals surface area contributed by atoms with Crippen LogP contribution in [0.4, 0.5) is 0 Å². The Hall–Kier alpha value is -3.58. The molecule has 0 spiro atoms. The molecular formula is C32H43NO6. The van der Waals surface area contributed by atoms with Crippen molar-refractivity contribution >= 4 is 17.9 Å². The van der Waals surface area contributed by atoms with Crippen LogP contribution in [0.3, 0.4) is 0 Å². The Bertz CT molecular complexity index is 1060. The molecule has 1 heterocycles. The first kappa shape index (κ1) is 33.4. The second-order valence-corrected chi connectivity index (χ2v) is 10.5. The second-order valence-electron chi connectivity index (χ2n) is 10.5. The summed E-state index contributed by atoms with van der Waals surface area (Å²) < 4.78 is 17.0. The van der Waals surface area contributed by atoms with E-state index < -0.39 is 29.7 Å². The van der Waals surface area contributed by atoms with E-state index in [1.807, 2.05) is 27.7 Å². The number of aromatic nitrogens is 1. The first-order chi connectivity index (χ1) is 18.5. The molecular weight excluding hydrogens is 494 g/mol. The van der Waals surface area contributed by atoms with Gasteiger partial charge in [-0.3, -0.25) is 19.4 Å². The first-order valence-electron chi connectivity index (χ1n) is 13.5. The topological polar surface area (TPSA) is 91.8 Å². The van der Waals surface area contributed by atoms with Gasteiger partial charge in [-0.2, -0.15) is 0 Å². The van der Waals surface area contributed by atoms with Crippen LogP contribution in [-0.2, 0) is 37.1 Å². The van der Waals surface area contributed by atoms with Gasteiger partial charge >= 0.3 is 17.9 Å². The van der Waals surface area contributed by atoms with Gasteiger partial charge in [0.05, 0.1) is 17.5 Å². The monoisotopic (exact) mass is 537 g/mol. The van der Waals surface area contributed by atoms with Crippen molar-refractivity contribution in [2.24, 2.45) is 23.7 Å². The van der Waals surface area contributed by atoms with Crippen molar-refractivity contribution in [3.05, 3.63) is 35.7 Å². The van der Waals surface area contributed by atoms with Crippen molar-refractivity contribution in [1.29, 1.82) is 0 Å². The molecule has 0 saturated heterocycles. The Morgan fingerprint density at radius 2 is 1.51 bits per heavy atom. The standard InChI is InChI=1S/C32H43NO6/c1-9-12-13-16-29(34)39-30-24(8)33-19-27(20-37-31(35)25(14-10-2)17-22(4)5)28(30)21-38-32(36)26(15-11-3)18-23(6)7/h2-3,9,19,22-23,25-26H,1,12-18,20-21H2,4-8H3. The highest BCUT2D eigenvalue weighted by Crippen LogP contribution is 2.29. The third-order valence-electron chi connectivity index (χ3n) is 6.05. The van der Waals surface area contributed by atoms with Gasteiger partial charge in [-0.15, -0.1) is 31.3 Å². The van der Waals surface area contributed by atoms with Crippen molar-refractivity contribution in [2.75, 3.05) is 0 Å². The average molecular weight is 538 g/mol. The van der Waals surface area contributed by atoms with Crippen LogP contribution in [0.15, 0.2) is 18.9 Å². The lowest BCUT2D eigenvalue weighted by Crippen LogP contribution is -2.22. The molecule has 2 atom stereocenters. The summed E-state index contributed by atoms with van der Waals surface area (Å²) in [6.07, 6.45) is 17.4. The molecule has 212 valence electrons. The fourth-order valence-electron chi connectivity index (χ4n) is 4.13. The Kier molecular flexibility index (Phi) is 15.3. The number of hydrogen-bond acceptors (Lipinski definition) is 7. The Morgan fingerprint density at radius 3 is 2.00 bits per heavy atom. The van der Waals surface area contributed by atoms with Crippen LogP contribution < -0.4 is 4.74 Å². The molecule has 1 aromatic heterocycles. The number of rotatable bonds is 17. The Labute approximate surface area is 234 Å². The summed E-state index contributed by atoms with van der Waals surface area (Å²) >= 11 is 0. The Balaban J connectivity index is 3.26. The normalized spacial score (nSPS) is 12.2. The molecule has 1 aromatic rings. The zero-order chi connectivity index (χ0) is 29.4. The van der Waals surface area contributed by atoms with Crippen LogP contribution in [0.2, 0.25) is 0 Å². The zero-order valence-electron chi connectivity index (χ0n) is 24.1. The first-order valence-corrected chi connectivity index (χ1v) is 13.5. The summed E-state index contributed by atoms with van der Waals surface area (Å²) in [6.45, 7) is 13.1. The zero-order valence-corrected chi connectivity index (χ0v) is 24.1. The van der Waals surface area contributed by atoms with Gasteiger partial charge in [-0.1, -0.05) is 33.8 Å². The van der Waals surface area contributed by atoms with E-state index >= 15 is 0 Å². The predicted octanol–water partition coefficient (Wildman–Crippen LogP) is 6.11. The van der Waals surface area contributed by atoms with E-state index in [0.29, 0.717) is 42.5 Å². The largest absolute Gasteiger partial charge is 0.460 e. The maximum absolute atomic E-state index is 12.9. The molecule has 0 aromatic carbocycles. The molecule has 0 bridgehead atoms. The molecule has 0 radical (unpaired) electrons. The molecule has 7 heteroatoms. The van der Waals surface area contributed by atoms with Crippen molar-refractivity contribution in [1.82, 2.24) is 4.98 Å². The third-order valence-corrected chi connectivity index (χ3v) is 6.05. The maximum atomic E-state index is 12.9. The number of unbranched alkanes of at least 4 members (excludes halogenated alkanes) is 1. The van der Waals surface area contributed by atoms with E-state index in [2.05, 4.69) is 23.4 Å². The number of allylic oxidation sites excluding steroid dienone is 1. The van der Waals surface area contributed by atoms with Crippen molar-refractivity contribution < 1.29 is 28.6 Å². The highest BCUT2D eigenvalue weighted by atomic mass is 16.5. The number of aryl methyl sites for hydroxylation is 1. The molecule has 0 aliphatic rings. The van der Waals surface area contributed by atoms with Gasteiger partial charge in [-0.05, 0) is 44.4 Å². The predicted molar refractivity (Wildman–Crippen MR) is 151 cm³/mol. The summed E-state index contributed by atoms with van der Waals surface area (Å²) in [5.74, 6) is 3.61. The van der Waals surface area contributed by atoms with Gasteiger partial charge in [0.1, 0.15) is 13.2 Å². The summed E-state index contributed by atoms with van der Waals surface area (Å²) in [4.78, 5) is 42.7. The van der Waals surface area contributed by atoms with Gasteiger partial charge in [0.25, 0.3) is 0 Å². The average Bonchev–Trinajstić information content (AvgIpc) is 2.87. The molecule has 7 nitrogen and oxygen atoms in total. The van der Waals surface area contributed by atoms with Crippen LogP contribution in [0, 0.1) is 55.3 Å². The molecule has 0 aliphatic carbocycles. The highest BCUT2D eigenvalue weighted by molar-refractivity contribution is 5.75.